The fraction of sp³-hybridized carbons (Fsp3) is 0.951. The molecule has 5 N–H and O–H groups in total. The van der Waals surface area contributed by atoms with Crippen LogP contribution < -0.4 is 0 Å². The summed E-state index contributed by atoms with van der Waals surface area (Å²) in [4.78, 5) is 21.8. The molecule has 0 aliphatic carbocycles. The lowest BCUT2D eigenvalue weighted by atomic mass is 9.73. The first-order chi connectivity index (χ1) is 27.0. The number of carbonyl (C=O) groups is 1. The maximum Gasteiger partial charge on any atom is 0.311 e. The summed E-state index contributed by atoms with van der Waals surface area (Å²) in [5.41, 5.74) is -4.49. The first-order valence-corrected chi connectivity index (χ1v) is 20.8. The van der Waals surface area contributed by atoms with Crippen LogP contribution in [0.3, 0.4) is 0 Å². The van der Waals surface area contributed by atoms with Gasteiger partial charge >= 0.3 is 5.97 Å². The molecule has 0 aromatic carbocycles. The maximum absolute atomic E-state index is 14.3. The molecule has 3 heterocycles. The molecule has 0 spiro atoms. The molecular formula is C41H76N2O15. The normalized spacial score (nSPS) is 45.8. The smallest absolute Gasteiger partial charge is 0.311 e. The summed E-state index contributed by atoms with van der Waals surface area (Å²) < 4.78 is 48.1. The monoisotopic (exact) mass is 837 g/mol. The third kappa shape index (κ3) is 12.1. The summed E-state index contributed by atoms with van der Waals surface area (Å²) in [6.07, 6.45) is -9.49. The van der Waals surface area contributed by atoms with Gasteiger partial charge in [-0.25, -0.2) is 0 Å². The minimum Gasteiger partial charge on any atom is -0.459 e. The van der Waals surface area contributed by atoms with Crippen LogP contribution in [-0.4, -0.2) is 175 Å². The third-order valence-electron chi connectivity index (χ3n) is 12.6. The molecule has 0 aromatic rings. The van der Waals surface area contributed by atoms with Gasteiger partial charge in [0.2, 0.25) is 6.79 Å². The number of aliphatic hydroxyl groups excluding tert-OH is 3. The molecule has 18 atom stereocenters. The van der Waals surface area contributed by atoms with E-state index >= 15 is 0 Å². The fourth-order valence-corrected chi connectivity index (χ4v) is 8.93. The number of aliphatic hydroxyl groups is 5. The van der Waals surface area contributed by atoms with E-state index in [1.165, 1.54) is 14.0 Å². The summed E-state index contributed by atoms with van der Waals surface area (Å²) in [7, 11) is 6.76. The van der Waals surface area contributed by atoms with Crippen LogP contribution in [0.5, 0.6) is 0 Å². The van der Waals surface area contributed by atoms with Gasteiger partial charge in [-0.15, -0.1) is 0 Å². The topological polar surface area (TPSA) is 217 Å². The standard InChI is InChI=1S/C41H76N2O15/c1-15-29-41(10,49)34(45)24(4)31(42-53-21-52-17-16-50-13)22(2)19-39(8,48)36(58-38-32(44)28(43(11)12)18-23(3)54-38)25(5)33(26(6)37(47)56-29)57-30-20-40(9,51-14)35(46)27(7)55-30/h22-30,32-36,38,44-46,48-49H,15-21H2,1-14H3/t22-,23?,24+,25+,26-,27?,28?,29-,30?,32?,33+,34-,35?,36-,38?,39-,40?,41-/m1/s1. The van der Waals surface area contributed by atoms with Crippen LogP contribution in [0.2, 0.25) is 0 Å². The SMILES string of the molecule is CC[C@H]1OC(=O)[C@H](C)[C@@H](OC2CC(C)(OC)C(O)C(C)O2)[C@H](C)[C@@H](OC2OC(C)CC(N(C)C)C2O)[C@](C)(O)C[C@@H](C)C(=NOCOCCOC)[C@H](C)[C@@H](O)[C@]1(C)O. The second-order valence-electron chi connectivity index (χ2n) is 17.7. The fourth-order valence-electron chi connectivity index (χ4n) is 8.93. The van der Waals surface area contributed by atoms with Crippen molar-refractivity contribution in [3.63, 3.8) is 0 Å². The quantitative estimate of drug-likeness (QED) is 0.0778. The lowest BCUT2D eigenvalue weighted by Crippen LogP contribution is -2.61. The highest BCUT2D eigenvalue weighted by molar-refractivity contribution is 5.88. The van der Waals surface area contributed by atoms with Gasteiger partial charge in [0.15, 0.2) is 12.6 Å². The van der Waals surface area contributed by atoms with Crippen LogP contribution in [0.1, 0.15) is 94.9 Å². The Morgan fingerprint density at radius 3 is 2.14 bits per heavy atom. The van der Waals surface area contributed by atoms with Crippen molar-refractivity contribution in [2.24, 2.45) is 28.8 Å². The van der Waals surface area contributed by atoms with Crippen LogP contribution in [-0.2, 0) is 47.5 Å². The minimum atomic E-state index is -1.97. The van der Waals surface area contributed by atoms with E-state index in [9.17, 15) is 30.3 Å². The van der Waals surface area contributed by atoms with Crippen molar-refractivity contribution in [3.8, 4) is 0 Å². The minimum absolute atomic E-state index is 0.0307. The molecule has 340 valence electrons. The zero-order chi connectivity index (χ0) is 43.9. The molecular weight excluding hydrogens is 760 g/mol. The Hall–Kier alpha value is -1.58. The predicted molar refractivity (Wildman–Crippen MR) is 212 cm³/mol. The van der Waals surface area contributed by atoms with E-state index in [1.54, 1.807) is 55.6 Å². The van der Waals surface area contributed by atoms with Crippen molar-refractivity contribution < 1.29 is 73.1 Å². The molecule has 3 aliphatic heterocycles. The number of methoxy groups -OCH3 is 2. The van der Waals surface area contributed by atoms with E-state index in [1.807, 2.05) is 32.8 Å². The molecule has 0 radical (unpaired) electrons. The average Bonchev–Trinajstić information content (AvgIpc) is 3.15. The van der Waals surface area contributed by atoms with E-state index in [0.29, 0.717) is 18.7 Å². The van der Waals surface area contributed by atoms with Gasteiger partial charge in [-0.3, -0.25) is 4.79 Å². The van der Waals surface area contributed by atoms with E-state index in [2.05, 4.69) is 5.16 Å². The number of oxime groups is 1. The van der Waals surface area contributed by atoms with Gasteiger partial charge in [-0.05, 0) is 74.9 Å². The molecule has 0 bridgehead atoms. The molecule has 0 aromatic heterocycles. The lowest BCUT2D eigenvalue weighted by Gasteiger charge is -2.49. The molecule has 3 fully saturated rings. The lowest BCUT2D eigenvalue weighted by molar-refractivity contribution is -0.317. The van der Waals surface area contributed by atoms with Gasteiger partial charge in [0.25, 0.3) is 0 Å². The van der Waals surface area contributed by atoms with E-state index in [0.717, 1.165) is 0 Å². The van der Waals surface area contributed by atoms with E-state index in [4.69, 9.17) is 42.7 Å². The molecule has 3 saturated heterocycles. The number of carbonyl (C=O) groups excluding carboxylic acids is 1. The highest BCUT2D eigenvalue weighted by atomic mass is 16.7. The van der Waals surface area contributed by atoms with Crippen molar-refractivity contribution in [3.05, 3.63) is 0 Å². The third-order valence-corrected chi connectivity index (χ3v) is 12.6. The van der Waals surface area contributed by atoms with E-state index < -0.39 is 102 Å². The van der Waals surface area contributed by atoms with Gasteiger partial charge in [0, 0.05) is 44.4 Å². The number of cyclic esters (lactones) is 1. The highest BCUT2D eigenvalue weighted by Gasteiger charge is 2.53. The zero-order valence-corrected chi connectivity index (χ0v) is 37.3. The average molecular weight is 837 g/mol. The number of esters is 1. The Morgan fingerprint density at radius 1 is 0.897 bits per heavy atom. The molecule has 17 heteroatoms. The summed E-state index contributed by atoms with van der Waals surface area (Å²) in [5, 5.41) is 63.6. The molecule has 3 aliphatic rings. The van der Waals surface area contributed by atoms with Crippen molar-refractivity contribution in [1.29, 1.82) is 0 Å². The molecule has 3 rings (SSSR count). The Morgan fingerprint density at radius 2 is 1.55 bits per heavy atom. The molecule has 0 amide bonds. The number of rotatable bonds is 13. The van der Waals surface area contributed by atoms with Crippen LogP contribution in [0.25, 0.3) is 0 Å². The van der Waals surface area contributed by atoms with Crippen LogP contribution >= 0.6 is 0 Å². The second-order valence-corrected chi connectivity index (χ2v) is 17.7. The maximum atomic E-state index is 14.3. The van der Waals surface area contributed by atoms with Crippen molar-refractivity contribution in [2.45, 2.75) is 179 Å². The predicted octanol–water partition coefficient (Wildman–Crippen LogP) is 2.21. The van der Waals surface area contributed by atoms with Gasteiger partial charge in [-0.2, -0.15) is 0 Å². The first kappa shape index (κ1) is 50.8. The van der Waals surface area contributed by atoms with Crippen molar-refractivity contribution in [2.75, 3.05) is 48.3 Å². The number of hydrogen-bond acceptors (Lipinski definition) is 17. The number of likely N-dealkylation sites (N-methyl/N-ethyl adjacent to an activating group) is 1. The van der Waals surface area contributed by atoms with Gasteiger partial charge < -0.3 is 73.2 Å². The number of nitrogens with zero attached hydrogens (tertiary/aromatic N) is 2. The zero-order valence-electron chi connectivity index (χ0n) is 37.3. The highest BCUT2D eigenvalue weighted by Crippen LogP contribution is 2.41. The summed E-state index contributed by atoms with van der Waals surface area (Å²) >= 11 is 0. The van der Waals surface area contributed by atoms with Crippen molar-refractivity contribution >= 4 is 11.7 Å². The van der Waals surface area contributed by atoms with Crippen LogP contribution in [0.15, 0.2) is 5.16 Å². The Bertz CT molecular complexity index is 1300. The summed E-state index contributed by atoms with van der Waals surface area (Å²) in [5.74, 6) is -4.14. The van der Waals surface area contributed by atoms with Crippen molar-refractivity contribution in [1.82, 2.24) is 4.90 Å². The van der Waals surface area contributed by atoms with Crippen LogP contribution in [0.4, 0.5) is 0 Å². The molecule has 58 heavy (non-hydrogen) atoms. The summed E-state index contributed by atoms with van der Waals surface area (Å²) in [6, 6.07) is -0.328. The number of hydrogen-bond donors (Lipinski definition) is 5. The second kappa shape index (κ2) is 21.5. The van der Waals surface area contributed by atoms with Gasteiger partial charge in [0.1, 0.15) is 23.9 Å². The van der Waals surface area contributed by atoms with E-state index in [-0.39, 0.29) is 44.8 Å². The molecule has 0 saturated carbocycles. The largest absolute Gasteiger partial charge is 0.459 e. The first-order valence-electron chi connectivity index (χ1n) is 20.8. The van der Waals surface area contributed by atoms with Gasteiger partial charge in [0.05, 0.1) is 66.6 Å². The molecule has 8 unspecified atom stereocenters. The van der Waals surface area contributed by atoms with Gasteiger partial charge in [-0.1, -0.05) is 32.9 Å². The summed E-state index contributed by atoms with van der Waals surface area (Å²) in [6.45, 7) is 17.3. The van der Waals surface area contributed by atoms with Crippen LogP contribution in [0, 0.1) is 23.7 Å². The Balaban J connectivity index is 2.22. The Kier molecular flexibility index (Phi) is 18.8. The Labute approximate surface area is 345 Å². The molecule has 17 nitrogen and oxygen atoms in total. The number of ether oxygens (including phenoxy) is 8.